The number of hydrogen-bond acceptors (Lipinski definition) is 5. The van der Waals surface area contributed by atoms with Gasteiger partial charge in [0, 0.05) is 18.7 Å². The predicted octanol–water partition coefficient (Wildman–Crippen LogP) is 2.40. The van der Waals surface area contributed by atoms with Gasteiger partial charge in [-0.05, 0) is 24.8 Å². The molecule has 27 heavy (non-hydrogen) atoms. The number of nitrogens with zero attached hydrogens (tertiary/aromatic N) is 4. The smallest absolute Gasteiger partial charge is 0.331 e. The van der Waals surface area contributed by atoms with Crippen molar-refractivity contribution in [3.05, 3.63) is 68.3 Å². The van der Waals surface area contributed by atoms with Crippen molar-refractivity contribution in [3.8, 4) is 11.4 Å². The van der Waals surface area contributed by atoms with Gasteiger partial charge in [-0.25, -0.2) is 4.79 Å². The van der Waals surface area contributed by atoms with Gasteiger partial charge in [-0.15, -0.1) is 0 Å². The van der Waals surface area contributed by atoms with Gasteiger partial charge >= 0.3 is 5.69 Å². The summed E-state index contributed by atoms with van der Waals surface area (Å²) in [6.45, 7) is 2.75. The second-order valence-electron chi connectivity index (χ2n) is 6.81. The van der Waals surface area contributed by atoms with E-state index >= 15 is 0 Å². The Morgan fingerprint density at radius 1 is 1.11 bits per heavy atom. The molecule has 0 amide bonds. The van der Waals surface area contributed by atoms with Gasteiger partial charge in [0.25, 0.3) is 5.56 Å². The second-order valence-corrected chi connectivity index (χ2v) is 6.81. The molecule has 0 radical (unpaired) electrons. The van der Waals surface area contributed by atoms with Gasteiger partial charge in [0.15, 0.2) is 0 Å². The monoisotopic (exact) mass is 366 g/mol. The third-order valence-electron chi connectivity index (χ3n) is 5.01. The number of rotatable bonds is 4. The fourth-order valence-corrected chi connectivity index (χ4v) is 3.60. The van der Waals surface area contributed by atoms with E-state index < -0.39 is 0 Å². The molecule has 0 atom stereocenters. The van der Waals surface area contributed by atoms with Crippen LogP contribution in [0.2, 0.25) is 0 Å². The summed E-state index contributed by atoms with van der Waals surface area (Å²) in [5.41, 5.74) is 1.43. The Kier molecular flexibility index (Phi) is 4.75. The molecular weight excluding hydrogens is 344 g/mol. The van der Waals surface area contributed by atoms with Crippen molar-refractivity contribution in [2.24, 2.45) is 0 Å². The molecule has 7 nitrogen and oxygen atoms in total. The van der Waals surface area contributed by atoms with Gasteiger partial charge in [-0.2, -0.15) is 4.98 Å². The van der Waals surface area contributed by atoms with E-state index in [2.05, 4.69) is 10.1 Å². The maximum absolute atomic E-state index is 13.3. The molecule has 2 aromatic heterocycles. The first kappa shape index (κ1) is 17.5. The van der Waals surface area contributed by atoms with Gasteiger partial charge in [0.1, 0.15) is 5.56 Å². The fraction of sp³-hybridized carbons (Fsp3) is 0.400. The molecule has 0 bridgehead atoms. The van der Waals surface area contributed by atoms with Crippen molar-refractivity contribution >= 4 is 0 Å². The summed E-state index contributed by atoms with van der Waals surface area (Å²) in [5, 5.41) is 4.02. The molecule has 140 valence electrons. The van der Waals surface area contributed by atoms with Crippen molar-refractivity contribution in [1.82, 2.24) is 19.3 Å². The molecule has 4 rings (SSSR count). The number of fused-ring (bicyclic) bond motifs is 1. The number of aryl methyl sites for hydroxylation is 1. The average molecular weight is 366 g/mol. The standard InChI is InChI=1S/C20H22N4O3/c1-2-16-21-18(22-27-16)17-15-11-7-4-8-12-23(15)20(26)24(19(17)25)13-14-9-5-3-6-10-14/h3,5-6,9-10H,2,4,7-8,11-13H2,1H3. The summed E-state index contributed by atoms with van der Waals surface area (Å²) in [6, 6.07) is 9.52. The summed E-state index contributed by atoms with van der Waals surface area (Å²) >= 11 is 0. The van der Waals surface area contributed by atoms with Gasteiger partial charge in [-0.3, -0.25) is 13.9 Å². The summed E-state index contributed by atoms with van der Waals surface area (Å²) in [6.07, 6.45) is 4.15. The quantitative estimate of drug-likeness (QED) is 0.708. The first-order valence-corrected chi connectivity index (χ1v) is 9.42. The Bertz CT molecular complexity index is 1060. The third kappa shape index (κ3) is 3.25. The highest BCUT2D eigenvalue weighted by Gasteiger charge is 2.24. The van der Waals surface area contributed by atoms with E-state index in [0.29, 0.717) is 30.8 Å². The summed E-state index contributed by atoms with van der Waals surface area (Å²) in [5.74, 6) is 0.766. The summed E-state index contributed by atoms with van der Waals surface area (Å²) < 4.78 is 8.26. The van der Waals surface area contributed by atoms with Crippen molar-refractivity contribution in [2.45, 2.75) is 52.1 Å². The zero-order chi connectivity index (χ0) is 18.8. The highest BCUT2D eigenvalue weighted by molar-refractivity contribution is 5.56. The number of aromatic nitrogens is 4. The molecule has 3 aromatic rings. The Labute approximate surface area is 156 Å². The summed E-state index contributed by atoms with van der Waals surface area (Å²) in [4.78, 5) is 30.8. The Hall–Kier alpha value is -2.96. The Balaban J connectivity index is 1.95. The highest BCUT2D eigenvalue weighted by Crippen LogP contribution is 2.21. The molecule has 0 spiro atoms. The van der Waals surface area contributed by atoms with Gasteiger partial charge < -0.3 is 4.52 Å². The topological polar surface area (TPSA) is 82.9 Å². The second kappa shape index (κ2) is 7.34. The van der Waals surface area contributed by atoms with Gasteiger partial charge in [-0.1, -0.05) is 48.8 Å². The van der Waals surface area contributed by atoms with E-state index in [4.69, 9.17) is 4.52 Å². The molecule has 3 heterocycles. The van der Waals surface area contributed by atoms with Crippen LogP contribution < -0.4 is 11.2 Å². The zero-order valence-corrected chi connectivity index (χ0v) is 15.4. The van der Waals surface area contributed by atoms with Crippen LogP contribution in [0.1, 0.15) is 43.3 Å². The molecule has 0 saturated heterocycles. The normalized spacial score (nSPS) is 14.0. The molecule has 7 heteroatoms. The van der Waals surface area contributed by atoms with E-state index in [1.807, 2.05) is 37.3 Å². The van der Waals surface area contributed by atoms with E-state index in [-0.39, 0.29) is 23.6 Å². The molecule has 1 aromatic carbocycles. The van der Waals surface area contributed by atoms with Crippen LogP contribution in [0.4, 0.5) is 0 Å². The number of hydrogen-bond donors (Lipinski definition) is 0. The SMILES string of the molecule is CCc1nc(-c2c3n(c(=O)n(Cc4ccccc4)c2=O)CCCCC3)no1. The van der Waals surface area contributed by atoms with Gasteiger partial charge in [0.2, 0.25) is 11.7 Å². The fourth-order valence-electron chi connectivity index (χ4n) is 3.60. The largest absolute Gasteiger partial charge is 0.339 e. The molecule has 0 fully saturated rings. The predicted molar refractivity (Wildman–Crippen MR) is 101 cm³/mol. The van der Waals surface area contributed by atoms with Crippen LogP contribution in [0.5, 0.6) is 0 Å². The molecule has 1 aliphatic heterocycles. The van der Waals surface area contributed by atoms with E-state index in [9.17, 15) is 9.59 Å². The molecule has 1 aliphatic rings. The lowest BCUT2D eigenvalue weighted by molar-refractivity contribution is 0.382. The maximum Gasteiger partial charge on any atom is 0.331 e. The Morgan fingerprint density at radius 3 is 2.67 bits per heavy atom. The van der Waals surface area contributed by atoms with Crippen LogP contribution in [0.3, 0.4) is 0 Å². The lowest BCUT2D eigenvalue weighted by atomic mass is 10.1. The lowest BCUT2D eigenvalue weighted by Gasteiger charge is -2.16. The first-order chi connectivity index (χ1) is 13.2. The Morgan fingerprint density at radius 2 is 1.93 bits per heavy atom. The van der Waals surface area contributed by atoms with Crippen LogP contribution >= 0.6 is 0 Å². The minimum atomic E-state index is -0.347. The van der Waals surface area contributed by atoms with E-state index in [1.165, 1.54) is 4.57 Å². The van der Waals surface area contributed by atoms with Crippen LogP contribution in [0.25, 0.3) is 11.4 Å². The van der Waals surface area contributed by atoms with E-state index in [1.54, 1.807) is 4.57 Å². The minimum absolute atomic E-state index is 0.226. The van der Waals surface area contributed by atoms with Crippen molar-refractivity contribution in [2.75, 3.05) is 0 Å². The molecule has 0 saturated carbocycles. The van der Waals surface area contributed by atoms with Crippen LogP contribution in [-0.4, -0.2) is 19.3 Å². The summed E-state index contributed by atoms with van der Waals surface area (Å²) in [7, 11) is 0. The minimum Gasteiger partial charge on any atom is -0.339 e. The maximum atomic E-state index is 13.3. The van der Waals surface area contributed by atoms with Crippen molar-refractivity contribution < 1.29 is 4.52 Å². The third-order valence-corrected chi connectivity index (χ3v) is 5.01. The van der Waals surface area contributed by atoms with Crippen molar-refractivity contribution in [1.29, 1.82) is 0 Å². The van der Waals surface area contributed by atoms with Crippen LogP contribution in [0, 0.1) is 0 Å². The highest BCUT2D eigenvalue weighted by atomic mass is 16.5. The van der Waals surface area contributed by atoms with E-state index in [0.717, 1.165) is 30.5 Å². The molecule has 0 unspecified atom stereocenters. The molecule has 0 N–H and O–H groups in total. The van der Waals surface area contributed by atoms with Crippen LogP contribution in [0.15, 0.2) is 44.4 Å². The van der Waals surface area contributed by atoms with Gasteiger partial charge in [0.05, 0.1) is 6.54 Å². The lowest BCUT2D eigenvalue weighted by Crippen LogP contribution is -2.42. The van der Waals surface area contributed by atoms with Crippen molar-refractivity contribution in [3.63, 3.8) is 0 Å². The van der Waals surface area contributed by atoms with Crippen LogP contribution in [-0.2, 0) is 25.9 Å². The number of benzene rings is 1. The zero-order valence-electron chi connectivity index (χ0n) is 15.4. The average Bonchev–Trinajstić information content (AvgIpc) is 3.03. The molecule has 0 aliphatic carbocycles. The molecular formula is C20H22N4O3. The first-order valence-electron chi connectivity index (χ1n) is 9.42.